The van der Waals surface area contributed by atoms with Gasteiger partial charge in [0.15, 0.2) is 5.96 Å². The molecule has 3 rings (SSSR count). The zero-order chi connectivity index (χ0) is 18.9. The number of nitrogens with one attached hydrogen (secondary N) is 1. The summed E-state index contributed by atoms with van der Waals surface area (Å²) in [6.07, 6.45) is 7.54. The monoisotopic (exact) mass is 393 g/mol. The van der Waals surface area contributed by atoms with E-state index < -0.39 is 0 Å². The van der Waals surface area contributed by atoms with E-state index in [0.29, 0.717) is 12.2 Å². The van der Waals surface area contributed by atoms with Crippen LogP contribution in [0.4, 0.5) is 0 Å². The van der Waals surface area contributed by atoms with Gasteiger partial charge in [0.1, 0.15) is 0 Å². The van der Waals surface area contributed by atoms with Crippen LogP contribution in [0, 0.1) is 0 Å². The number of hydrogen-bond acceptors (Lipinski definition) is 4. The molecule has 1 atom stereocenters. The molecule has 2 aliphatic rings. The molecule has 2 aliphatic heterocycles. The molecule has 0 amide bonds. The van der Waals surface area contributed by atoms with Crippen molar-refractivity contribution in [1.29, 1.82) is 0 Å². The Hall–Kier alpha value is -1.11. The Kier molecular flexibility index (Phi) is 8.42. The first-order chi connectivity index (χ1) is 13.3. The van der Waals surface area contributed by atoms with E-state index in [2.05, 4.69) is 36.2 Å². The molecular formula is C21H35N3O2S. The van der Waals surface area contributed by atoms with Crippen LogP contribution in [-0.2, 0) is 22.4 Å². The summed E-state index contributed by atoms with van der Waals surface area (Å²) in [6.45, 7) is 9.68. The van der Waals surface area contributed by atoms with Crippen molar-refractivity contribution in [2.24, 2.45) is 4.99 Å². The van der Waals surface area contributed by atoms with Crippen LogP contribution in [0.2, 0.25) is 0 Å². The van der Waals surface area contributed by atoms with Gasteiger partial charge in [-0.15, -0.1) is 11.3 Å². The summed E-state index contributed by atoms with van der Waals surface area (Å²) >= 11 is 1.87. The molecule has 0 saturated carbocycles. The number of nitrogens with zero attached hydrogens (tertiary/aromatic N) is 2. The molecule has 27 heavy (non-hydrogen) atoms. The third-order valence-electron chi connectivity index (χ3n) is 5.32. The number of hydrogen-bond donors (Lipinski definition) is 1. The molecule has 1 N–H and O–H groups in total. The third kappa shape index (κ3) is 6.47. The Morgan fingerprint density at radius 3 is 2.70 bits per heavy atom. The lowest BCUT2D eigenvalue weighted by molar-refractivity contribution is -0.0721. The zero-order valence-electron chi connectivity index (χ0n) is 16.9. The van der Waals surface area contributed by atoms with Gasteiger partial charge in [-0.3, -0.25) is 0 Å². The largest absolute Gasteiger partial charge is 0.376 e. The van der Waals surface area contributed by atoms with Gasteiger partial charge < -0.3 is 19.7 Å². The van der Waals surface area contributed by atoms with Gasteiger partial charge in [0.05, 0.1) is 25.4 Å². The average Bonchev–Trinajstić information content (AvgIpc) is 3.19. The molecule has 0 radical (unpaired) electrons. The minimum atomic E-state index is 0.314. The number of aliphatic imine (C=N–C) groups is 1. The van der Waals surface area contributed by atoms with Gasteiger partial charge in [-0.25, -0.2) is 4.99 Å². The minimum Gasteiger partial charge on any atom is -0.376 e. The molecule has 1 unspecified atom stereocenters. The van der Waals surface area contributed by atoms with Crippen molar-refractivity contribution in [3.8, 4) is 0 Å². The van der Waals surface area contributed by atoms with Gasteiger partial charge in [0, 0.05) is 36.0 Å². The van der Waals surface area contributed by atoms with E-state index in [4.69, 9.17) is 14.5 Å². The van der Waals surface area contributed by atoms with Crippen LogP contribution < -0.4 is 5.32 Å². The zero-order valence-corrected chi connectivity index (χ0v) is 17.7. The van der Waals surface area contributed by atoms with Crippen LogP contribution in [0.25, 0.3) is 0 Å². The molecule has 2 saturated heterocycles. The summed E-state index contributed by atoms with van der Waals surface area (Å²) in [5.74, 6) is 1.04. The molecule has 0 aromatic carbocycles. The van der Waals surface area contributed by atoms with E-state index in [1.54, 1.807) is 0 Å². The van der Waals surface area contributed by atoms with E-state index in [-0.39, 0.29) is 0 Å². The van der Waals surface area contributed by atoms with Crippen molar-refractivity contribution in [2.75, 3.05) is 32.8 Å². The Labute approximate surface area is 168 Å². The van der Waals surface area contributed by atoms with Gasteiger partial charge in [0.2, 0.25) is 0 Å². The Morgan fingerprint density at radius 1 is 1.22 bits per heavy atom. The number of likely N-dealkylation sites (tertiary alicyclic amines) is 1. The lowest BCUT2D eigenvalue weighted by atomic mass is 10.1. The first-order valence-corrected chi connectivity index (χ1v) is 11.4. The normalized spacial score (nSPS) is 22.2. The van der Waals surface area contributed by atoms with E-state index in [9.17, 15) is 0 Å². The Balaban J connectivity index is 1.45. The number of rotatable bonds is 7. The lowest BCUT2D eigenvalue weighted by Gasteiger charge is -2.35. The van der Waals surface area contributed by atoms with Crippen LogP contribution in [-0.4, -0.2) is 55.9 Å². The molecule has 3 heterocycles. The second-order valence-corrected chi connectivity index (χ2v) is 8.65. The molecule has 0 spiro atoms. The summed E-state index contributed by atoms with van der Waals surface area (Å²) in [5, 5.41) is 3.46. The maximum absolute atomic E-state index is 6.14. The molecule has 1 aromatic rings. The van der Waals surface area contributed by atoms with Gasteiger partial charge in [-0.1, -0.05) is 6.92 Å². The van der Waals surface area contributed by atoms with Crippen LogP contribution in [0.15, 0.2) is 17.1 Å². The van der Waals surface area contributed by atoms with E-state index in [1.807, 2.05) is 11.3 Å². The van der Waals surface area contributed by atoms with Crippen molar-refractivity contribution in [3.63, 3.8) is 0 Å². The van der Waals surface area contributed by atoms with E-state index in [0.717, 1.165) is 71.0 Å². The third-order valence-corrected chi connectivity index (χ3v) is 6.53. The predicted octanol–water partition coefficient (Wildman–Crippen LogP) is 3.83. The summed E-state index contributed by atoms with van der Waals surface area (Å²) in [6, 6.07) is 4.44. The van der Waals surface area contributed by atoms with Crippen molar-refractivity contribution in [1.82, 2.24) is 10.2 Å². The van der Waals surface area contributed by atoms with Gasteiger partial charge in [-0.2, -0.15) is 0 Å². The fraction of sp³-hybridized carbons (Fsp3) is 0.762. The molecule has 0 aliphatic carbocycles. The number of thiophene rings is 1. The quantitative estimate of drug-likeness (QED) is 0.565. The first kappa shape index (κ1) is 20.6. The van der Waals surface area contributed by atoms with Crippen LogP contribution in [0.3, 0.4) is 0 Å². The van der Waals surface area contributed by atoms with Crippen molar-refractivity contribution in [2.45, 2.75) is 71.1 Å². The van der Waals surface area contributed by atoms with Gasteiger partial charge >= 0.3 is 0 Å². The second kappa shape index (κ2) is 11.0. The Bertz CT molecular complexity index is 576. The molecular weight excluding hydrogens is 358 g/mol. The fourth-order valence-corrected chi connectivity index (χ4v) is 4.57. The standard InChI is InChI=1S/C21H35N3O2S/c1-3-19-8-9-20(27-19)15-23-21(22-4-2)24-12-10-17(11-13-24)26-16-18-7-5-6-14-25-18/h8-9,17-18H,3-7,10-16H2,1-2H3,(H,22,23). The number of piperidine rings is 1. The highest BCUT2D eigenvalue weighted by Gasteiger charge is 2.23. The smallest absolute Gasteiger partial charge is 0.194 e. The topological polar surface area (TPSA) is 46.1 Å². The molecule has 152 valence electrons. The molecule has 6 heteroatoms. The first-order valence-electron chi connectivity index (χ1n) is 10.6. The molecule has 5 nitrogen and oxygen atoms in total. The average molecular weight is 394 g/mol. The highest BCUT2D eigenvalue weighted by Crippen LogP contribution is 2.20. The Morgan fingerprint density at radius 2 is 2.04 bits per heavy atom. The molecule has 2 fully saturated rings. The second-order valence-electron chi connectivity index (χ2n) is 7.40. The summed E-state index contributed by atoms with van der Waals surface area (Å²) in [5.41, 5.74) is 0. The highest BCUT2D eigenvalue weighted by molar-refractivity contribution is 7.11. The van der Waals surface area contributed by atoms with Crippen LogP contribution in [0.1, 0.15) is 55.7 Å². The van der Waals surface area contributed by atoms with Crippen molar-refractivity contribution < 1.29 is 9.47 Å². The number of aryl methyl sites for hydroxylation is 1. The van der Waals surface area contributed by atoms with E-state index >= 15 is 0 Å². The number of ether oxygens (including phenoxy) is 2. The summed E-state index contributed by atoms with van der Waals surface area (Å²) in [4.78, 5) is 10.0. The van der Waals surface area contributed by atoms with Crippen molar-refractivity contribution >= 4 is 17.3 Å². The summed E-state index contributed by atoms with van der Waals surface area (Å²) in [7, 11) is 0. The van der Waals surface area contributed by atoms with Crippen LogP contribution in [0.5, 0.6) is 0 Å². The fourth-order valence-electron chi connectivity index (χ4n) is 3.69. The number of guanidine groups is 1. The maximum Gasteiger partial charge on any atom is 0.194 e. The molecule has 1 aromatic heterocycles. The molecule has 0 bridgehead atoms. The highest BCUT2D eigenvalue weighted by atomic mass is 32.1. The summed E-state index contributed by atoms with van der Waals surface area (Å²) < 4.78 is 11.9. The van der Waals surface area contributed by atoms with Gasteiger partial charge in [0.25, 0.3) is 0 Å². The van der Waals surface area contributed by atoms with Gasteiger partial charge in [-0.05, 0) is 57.6 Å². The lowest BCUT2D eigenvalue weighted by Crippen LogP contribution is -2.47. The minimum absolute atomic E-state index is 0.314. The van der Waals surface area contributed by atoms with Crippen molar-refractivity contribution in [3.05, 3.63) is 21.9 Å². The maximum atomic E-state index is 6.14. The van der Waals surface area contributed by atoms with E-state index in [1.165, 1.54) is 22.6 Å². The van der Waals surface area contributed by atoms with Crippen LogP contribution >= 0.6 is 11.3 Å². The predicted molar refractivity (Wildman–Crippen MR) is 113 cm³/mol. The SMILES string of the molecule is CCNC(=NCc1ccc(CC)s1)N1CCC(OCC2CCCCO2)CC1.